The standard InChI is InChI=1S/C23H27ClN6O2/c1-3-30-22-18(13-27-30)21(28-16-6-8-17(29-32)9-7-16)19(12-25-22)23(31)26-11-15-5-4-14(2)20(24)10-15/h4-5,10,12-13,16-17H,3,6-9,11H2,1-2H3,(H,25,28)(H,26,31). The maximum absolute atomic E-state index is 13.1. The Bertz CT molecular complexity index is 1140. The Labute approximate surface area is 191 Å². The first-order valence-corrected chi connectivity index (χ1v) is 11.3. The normalized spacial score (nSPS) is 18.5. The van der Waals surface area contributed by atoms with Crippen LogP contribution in [0.3, 0.4) is 0 Å². The zero-order valence-corrected chi connectivity index (χ0v) is 19.0. The molecule has 9 heteroatoms. The number of aromatic nitrogens is 3. The molecular weight excluding hydrogens is 428 g/mol. The number of aryl methyl sites for hydroxylation is 2. The van der Waals surface area contributed by atoms with Gasteiger partial charge in [0.1, 0.15) is 0 Å². The van der Waals surface area contributed by atoms with Crippen LogP contribution in [0.2, 0.25) is 5.02 Å². The van der Waals surface area contributed by atoms with Gasteiger partial charge in [-0.2, -0.15) is 10.0 Å². The number of nitroso groups, excluding NO2 is 1. The van der Waals surface area contributed by atoms with Crippen molar-refractivity contribution in [3.63, 3.8) is 0 Å². The van der Waals surface area contributed by atoms with Crippen LogP contribution in [0.25, 0.3) is 11.0 Å². The molecule has 2 aromatic heterocycles. The van der Waals surface area contributed by atoms with Gasteiger partial charge in [0.05, 0.1) is 28.9 Å². The van der Waals surface area contributed by atoms with Crippen molar-refractivity contribution in [3.8, 4) is 0 Å². The zero-order chi connectivity index (χ0) is 22.7. The number of carbonyl (C=O) groups is 1. The van der Waals surface area contributed by atoms with Gasteiger partial charge in [0, 0.05) is 30.4 Å². The summed E-state index contributed by atoms with van der Waals surface area (Å²) in [5, 5.41) is 15.6. The molecule has 1 amide bonds. The smallest absolute Gasteiger partial charge is 0.255 e. The lowest BCUT2D eigenvalue weighted by atomic mass is 9.91. The maximum Gasteiger partial charge on any atom is 0.255 e. The van der Waals surface area contributed by atoms with E-state index in [4.69, 9.17) is 11.6 Å². The number of amides is 1. The highest BCUT2D eigenvalue weighted by Crippen LogP contribution is 2.30. The molecule has 0 bridgehead atoms. The SMILES string of the molecule is CCn1ncc2c(NC3CCC(N=O)CC3)c(C(=O)NCc3ccc(C)c(Cl)c3)cnc21. The summed E-state index contributed by atoms with van der Waals surface area (Å²) in [6.45, 7) is 4.99. The van der Waals surface area contributed by atoms with E-state index in [-0.39, 0.29) is 18.0 Å². The molecule has 1 saturated carbocycles. The molecule has 2 heterocycles. The Balaban J connectivity index is 1.59. The van der Waals surface area contributed by atoms with E-state index in [0.29, 0.717) is 23.7 Å². The van der Waals surface area contributed by atoms with E-state index in [9.17, 15) is 9.70 Å². The zero-order valence-electron chi connectivity index (χ0n) is 18.3. The molecule has 168 valence electrons. The third-order valence-electron chi connectivity index (χ3n) is 6.09. The van der Waals surface area contributed by atoms with E-state index in [1.54, 1.807) is 12.4 Å². The molecular formula is C23H27ClN6O2. The van der Waals surface area contributed by atoms with E-state index in [2.05, 4.69) is 25.9 Å². The van der Waals surface area contributed by atoms with E-state index in [1.165, 1.54) is 0 Å². The quantitative estimate of drug-likeness (QED) is 0.498. The molecule has 1 aromatic carbocycles. The van der Waals surface area contributed by atoms with Crippen molar-refractivity contribution in [2.24, 2.45) is 5.18 Å². The van der Waals surface area contributed by atoms with Crippen molar-refractivity contribution in [1.82, 2.24) is 20.1 Å². The van der Waals surface area contributed by atoms with Gasteiger partial charge in [0.25, 0.3) is 5.91 Å². The lowest BCUT2D eigenvalue weighted by molar-refractivity contribution is 0.0951. The number of carbonyl (C=O) groups excluding carboxylic acids is 1. The number of hydrogen-bond acceptors (Lipinski definition) is 6. The van der Waals surface area contributed by atoms with Gasteiger partial charge in [0.2, 0.25) is 0 Å². The molecule has 1 fully saturated rings. The number of fused-ring (bicyclic) bond motifs is 1. The van der Waals surface area contributed by atoms with Gasteiger partial charge in [-0.3, -0.25) is 4.79 Å². The largest absolute Gasteiger partial charge is 0.381 e. The third-order valence-corrected chi connectivity index (χ3v) is 6.50. The molecule has 8 nitrogen and oxygen atoms in total. The molecule has 0 radical (unpaired) electrons. The van der Waals surface area contributed by atoms with E-state index >= 15 is 0 Å². The molecule has 32 heavy (non-hydrogen) atoms. The summed E-state index contributed by atoms with van der Waals surface area (Å²) in [5.74, 6) is -0.217. The van der Waals surface area contributed by atoms with Crippen LogP contribution in [0, 0.1) is 11.8 Å². The highest BCUT2D eigenvalue weighted by molar-refractivity contribution is 6.31. The molecule has 1 aliphatic rings. The number of pyridine rings is 1. The van der Waals surface area contributed by atoms with E-state index in [1.807, 2.05) is 36.7 Å². The lowest BCUT2D eigenvalue weighted by Gasteiger charge is -2.27. The molecule has 0 aliphatic heterocycles. The van der Waals surface area contributed by atoms with Crippen LogP contribution in [-0.2, 0) is 13.1 Å². The summed E-state index contributed by atoms with van der Waals surface area (Å²) in [5.41, 5.74) is 3.87. The fraction of sp³-hybridized carbons (Fsp3) is 0.435. The fourth-order valence-electron chi connectivity index (χ4n) is 4.14. The van der Waals surface area contributed by atoms with Crippen LogP contribution in [0.15, 0.2) is 35.8 Å². The number of benzene rings is 1. The number of anilines is 1. The monoisotopic (exact) mass is 454 g/mol. The molecule has 2 N–H and O–H groups in total. The summed E-state index contributed by atoms with van der Waals surface area (Å²) in [6, 6.07) is 5.80. The highest BCUT2D eigenvalue weighted by Gasteiger charge is 2.25. The van der Waals surface area contributed by atoms with Crippen molar-refractivity contribution in [1.29, 1.82) is 0 Å². The first-order valence-electron chi connectivity index (χ1n) is 11.0. The molecule has 4 rings (SSSR count). The van der Waals surface area contributed by atoms with Gasteiger partial charge in [0.15, 0.2) is 5.65 Å². The molecule has 3 aromatic rings. The highest BCUT2D eigenvalue weighted by atomic mass is 35.5. The van der Waals surface area contributed by atoms with Gasteiger partial charge in [-0.15, -0.1) is 0 Å². The van der Waals surface area contributed by atoms with Gasteiger partial charge < -0.3 is 10.6 Å². The second-order valence-electron chi connectivity index (χ2n) is 8.27. The Morgan fingerprint density at radius 3 is 2.72 bits per heavy atom. The average Bonchev–Trinajstić information content (AvgIpc) is 3.24. The van der Waals surface area contributed by atoms with Crippen LogP contribution in [-0.4, -0.2) is 32.8 Å². The summed E-state index contributed by atoms with van der Waals surface area (Å²) in [6.07, 6.45) is 6.51. The van der Waals surface area contributed by atoms with Crippen molar-refractivity contribution in [2.45, 2.75) is 64.7 Å². The minimum Gasteiger partial charge on any atom is -0.381 e. The van der Waals surface area contributed by atoms with E-state index in [0.717, 1.165) is 53.5 Å². The van der Waals surface area contributed by atoms with Crippen molar-refractivity contribution >= 4 is 34.2 Å². The molecule has 1 aliphatic carbocycles. The fourth-order valence-corrected chi connectivity index (χ4v) is 4.34. The third kappa shape index (κ3) is 4.60. The van der Waals surface area contributed by atoms with Crippen LogP contribution in [0.5, 0.6) is 0 Å². The topological polar surface area (TPSA) is 101 Å². The van der Waals surface area contributed by atoms with Gasteiger partial charge in [-0.1, -0.05) is 28.9 Å². The predicted octanol–water partition coefficient (Wildman–Crippen LogP) is 4.83. The van der Waals surface area contributed by atoms with Crippen LogP contribution in [0.4, 0.5) is 5.69 Å². The van der Waals surface area contributed by atoms with Crippen LogP contribution >= 0.6 is 11.6 Å². The summed E-state index contributed by atoms with van der Waals surface area (Å²) in [7, 11) is 0. The number of nitrogens with one attached hydrogen (secondary N) is 2. The summed E-state index contributed by atoms with van der Waals surface area (Å²) < 4.78 is 1.81. The minimum atomic E-state index is -0.217. The minimum absolute atomic E-state index is 0.113. The summed E-state index contributed by atoms with van der Waals surface area (Å²) >= 11 is 6.21. The molecule has 0 saturated heterocycles. The predicted molar refractivity (Wildman–Crippen MR) is 126 cm³/mol. The lowest BCUT2D eigenvalue weighted by Crippen LogP contribution is -2.30. The Hall–Kier alpha value is -3.00. The Morgan fingerprint density at radius 1 is 1.25 bits per heavy atom. The van der Waals surface area contributed by atoms with Crippen LogP contribution in [0.1, 0.15) is 54.1 Å². The first-order chi connectivity index (χ1) is 15.5. The second-order valence-corrected chi connectivity index (χ2v) is 8.67. The van der Waals surface area contributed by atoms with Crippen LogP contribution < -0.4 is 10.6 Å². The summed E-state index contributed by atoms with van der Waals surface area (Å²) in [4.78, 5) is 28.5. The van der Waals surface area contributed by atoms with Crippen molar-refractivity contribution < 1.29 is 4.79 Å². The van der Waals surface area contributed by atoms with Crippen molar-refractivity contribution in [3.05, 3.63) is 57.2 Å². The molecule has 0 spiro atoms. The van der Waals surface area contributed by atoms with Gasteiger partial charge in [-0.05, 0) is 56.7 Å². The number of halogens is 1. The van der Waals surface area contributed by atoms with Gasteiger partial charge >= 0.3 is 0 Å². The Kier molecular flexibility index (Phi) is 6.69. The van der Waals surface area contributed by atoms with E-state index < -0.39 is 0 Å². The number of rotatable bonds is 7. The van der Waals surface area contributed by atoms with Gasteiger partial charge in [-0.25, -0.2) is 9.67 Å². The average molecular weight is 455 g/mol. The molecule has 0 unspecified atom stereocenters. The second kappa shape index (κ2) is 9.65. The number of hydrogen-bond donors (Lipinski definition) is 2. The first kappa shape index (κ1) is 22.2. The van der Waals surface area contributed by atoms with Crippen molar-refractivity contribution in [2.75, 3.05) is 5.32 Å². The Morgan fingerprint density at radius 2 is 2.03 bits per heavy atom. The molecule has 0 atom stereocenters. The number of nitrogens with zero attached hydrogens (tertiary/aromatic N) is 4. The maximum atomic E-state index is 13.1.